The molecule has 0 saturated heterocycles. The topological polar surface area (TPSA) is 21.3 Å². The number of benzene rings is 1. The molecular formula is C16H24ClNO. The van der Waals surface area contributed by atoms with E-state index < -0.39 is 0 Å². The Morgan fingerprint density at radius 3 is 2.74 bits per heavy atom. The molecule has 0 aliphatic heterocycles. The van der Waals surface area contributed by atoms with Crippen LogP contribution >= 0.6 is 11.6 Å². The van der Waals surface area contributed by atoms with Crippen molar-refractivity contribution < 1.29 is 4.74 Å². The van der Waals surface area contributed by atoms with E-state index in [2.05, 4.69) is 18.8 Å². The average Bonchev–Trinajstić information content (AvgIpc) is 2.41. The van der Waals surface area contributed by atoms with Crippen LogP contribution in [0.5, 0.6) is 5.75 Å². The summed E-state index contributed by atoms with van der Waals surface area (Å²) < 4.78 is 5.87. The van der Waals surface area contributed by atoms with Crippen LogP contribution in [0.15, 0.2) is 18.7 Å². The fourth-order valence-corrected chi connectivity index (χ4v) is 2.16. The quantitative estimate of drug-likeness (QED) is 0.711. The summed E-state index contributed by atoms with van der Waals surface area (Å²) in [5.41, 5.74) is 3.06. The maximum Gasteiger partial charge on any atom is 0.128 e. The molecule has 0 aromatic heterocycles. The monoisotopic (exact) mass is 281 g/mol. The van der Waals surface area contributed by atoms with Crippen LogP contribution in [-0.4, -0.2) is 20.2 Å². The van der Waals surface area contributed by atoms with Crippen molar-refractivity contribution in [1.82, 2.24) is 5.32 Å². The Bertz CT molecular complexity index is 429. The molecule has 19 heavy (non-hydrogen) atoms. The van der Waals surface area contributed by atoms with Gasteiger partial charge in [-0.2, -0.15) is 0 Å². The largest absolute Gasteiger partial charge is 0.493 e. The van der Waals surface area contributed by atoms with Crippen molar-refractivity contribution in [2.24, 2.45) is 0 Å². The molecule has 0 saturated carbocycles. The smallest absolute Gasteiger partial charge is 0.128 e. The van der Waals surface area contributed by atoms with Gasteiger partial charge in [0.15, 0.2) is 0 Å². The van der Waals surface area contributed by atoms with Gasteiger partial charge >= 0.3 is 0 Å². The van der Waals surface area contributed by atoms with Gasteiger partial charge in [-0.05, 0) is 57.0 Å². The molecule has 1 N–H and O–H groups in total. The first kappa shape index (κ1) is 16.1. The average molecular weight is 282 g/mol. The number of ether oxygens (including phenoxy) is 1. The third kappa shape index (κ3) is 4.55. The van der Waals surface area contributed by atoms with Gasteiger partial charge in [0.05, 0.1) is 11.6 Å². The minimum Gasteiger partial charge on any atom is -0.493 e. The van der Waals surface area contributed by atoms with Crippen molar-refractivity contribution in [3.05, 3.63) is 34.9 Å². The number of halogens is 1. The first-order chi connectivity index (χ1) is 9.11. The zero-order valence-electron chi connectivity index (χ0n) is 12.2. The van der Waals surface area contributed by atoms with E-state index in [0.717, 1.165) is 53.3 Å². The molecule has 1 aromatic carbocycles. The molecule has 3 heteroatoms. The predicted octanol–water partition coefficient (Wildman–Crippen LogP) is 4.45. The number of nitrogens with one attached hydrogen (secondary N) is 1. The van der Waals surface area contributed by atoms with E-state index >= 15 is 0 Å². The molecule has 1 rings (SSSR count). The highest BCUT2D eigenvalue weighted by atomic mass is 35.5. The summed E-state index contributed by atoms with van der Waals surface area (Å²) in [5.74, 6) is 0.854. The van der Waals surface area contributed by atoms with Crippen LogP contribution in [0.25, 0.3) is 5.57 Å². The lowest BCUT2D eigenvalue weighted by Gasteiger charge is -2.15. The molecular weight excluding hydrogens is 258 g/mol. The summed E-state index contributed by atoms with van der Waals surface area (Å²) in [7, 11) is 1.96. The van der Waals surface area contributed by atoms with Gasteiger partial charge in [0.1, 0.15) is 5.75 Å². The zero-order chi connectivity index (χ0) is 14.3. The molecule has 1 aromatic rings. The van der Waals surface area contributed by atoms with E-state index in [1.807, 2.05) is 26.1 Å². The van der Waals surface area contributed by atoms with Crippen molar-refractivity contribution in [1.29, 1.82) is 0 Å². The van der Waals surface area contributed by atoms with E-state index in [-0.39, 0.29) is 0 Å². The molecule has 0 spiro atoms. The molecule has 0 bridgehead atoms. The number of hydrogen-bond donors (Lipinski definition) is 1. The molecule has 106 valence electrons. The van der Waals surface area contributed by atoms with E-state index in [9.17, 15) is 0 Å². The second-order valence-electron chi connectivity index (χ2n) is 4.69. The van der Waals surface area contributed by atoms with Crippen molar-refractivity contribution in [2.75, 3.05) is 20.2 Å². The van der Waals surface area contributed by atoms with Crippen LogP contribution in [0.4, 0.5) is 0 Å². The molecule has 0 unspecified atom stereocenters. The lowest BCUT2D eigenvalue weighted by atomic mass is 10.0. The molecule has 0 aliphatic rings. The van der Waals surface area contributed by atoms with Gasteiger partial charge in [0, 0.05) is 5.56 Å². The lowest BCUT2D eigenvalue weighted by Crippen LogP contribution is -2.09. The minimum atomic E-state index is 0.713. The van der Waals surface area contributed by atoms with Crippen molar-refractivity contribution in [2.45, 2.75) is 33.1 Å². The number of rotatable bonds is 8. The third-order valence-electron chi connectivity index (χ3n) is 3.16. The molecule has 0 amide bonds. The Kier molecular flexibility index (Phi) is 6.96. The molecule has 0 fully saturated rings. The van der Waals surface area contributed by atoms with E-state index in [1.54, 1.807) is 0 Å². The van der Waals surface area contributed by atoms with Crippen LogP contribution in [0.2, 0.25) is 5.02 Å². The van der Waals surface area contributed by atoms with Crippen molar-refractivity contribution in [3.8, 4) is 5.75 Å². The lowest BCUT2D eigenvalue weighted by molar-refractivity contribution is 0.305. The van der Waals surface area contributed by atoms with Crippen molar-refractivity contribution >= 4 is 17.2 Å². The van der Waals surface area contributed by atoms with E-state index in [1.165, 1.54) is 0 Å². The van der Waals surface area contributed by atoms with Gasteiger partial charge in [-0.3, -0.25) is 0 Å². The summed E-state index contributed by atoms with van der Waals surface area (Å²) >= 11 is 6.38. The van der Waals surface area contributed by atoms with Crippen LogP contribution in [0.3, 0.4) is 0 Å². The standard InChI is InChI=1S/C16H24ClNO/c1-5-12(2)15-14(9-8-13(3)16(15)17)19-11-7-6-10-18-4/h8-9,18H,2,5-7,10-11H2,1,3-4H3. The maximum atomic E-state index is 6.38. The molecule has 0 heterocycles. The molecule has 0 aliphatic carbocycles. The second-order valence-corrected chi connectivity index (χ2v) is 5.06. The fourth-order valence-electron chi connectivity index (χ4n) is 1.87. The van der Waals surface area contributed by atoms with Crippen LogP contribution in [-0.2, 0) is 0 Å². The zero-order valence-corrected chi connectivity index (χ0v) is 12.9. The Labute approximate surface area is 121 Å². The molecule has 2 nitrogen and oxygen atoms in total. The SMILES string of the molecule is C=C(CC)c1c(OCCCCNC)ccc(C)c1Cl. The van der Waals surface area contributed by atoms with Crippen LogP contribution in [0.1, 0.15) is 37.3 Å². The first-order valence-electron chi connectivity index (χ1n) is 6.86. The molecule has 0 radical (unpaired) electrons. The van der Waals surface area contributed by atoms with Gasteiger partial charge in [-0.25, -0.2) is 0 Å². The maximum absolute atomic E-state index is 6.38. The molecule has 0 atom stereocenters. The summed E-state index contributed by atoms with van der Waals surface area (Å²) in [5, 5.41) is 3.89. The van der Waals surface area contributed by atoms with Crippen LogP contribution < -0.4 is 10.1 Å². The van der Waals surface area contributed by atoms with Gasteiger partial charge in [0.2, 0.25) is 0 Å². The highest BCUT2D eigenvalue weighted by molar-refractivity contribution is 6.33. The van der Waals surface area contributed by atoms with E-state index in [0.29, 0.717) is 6.61 Å². The number of allylic oxidation sites excluding steroid dienone is 1. The van der Waals surface area contributed by atoms with Gasteiger partial charge in [-0.1, -0.05) is 31.2 Å². The Morgan fingerprint density at radius 1 is 1.37 bits per heavy atom. The van der Waals surface area contributed by atoms with Crippen LogP contribution in [0, 0.1) is 6.92 Å². The highest BCUT2D eigenvalue weighted by Crippen LogP contribution is 2.35. The minimum absolute atomic E-state index is 0.713. The van der Waals surface area contributed by atoms with Crippen molar-refractivity contribution in [3.63, 3.8) is 0 Å². The normalized spacial score (nSPS) is 10.5. The summed E-state index contributed by atoms with van der Waals surface area (Å²) in [6, 6.07) is 3.99. The third-order valence-corrected chi connectivity index (χ3v) is 3.64. The van der Waals surface area contributed by atoms with Gasteiger partial charge in [-0.15, -0.1) is 0 Å². The summed E-state index contributed by atoms with van der Waals surface area (Å²) in [4.78, 5) is 0. The highest BCUT2D eigenvalue weighted by Gasteiger charge is 2.12. The predicted molar refractivity (Wildman–Crippen MR) is 84.2 cm³/mol. The second kappa shape index (κ2) is 8.23. The number of aryl methyl sites for hydroxylation is 1. The first-order valence-corrected chi connectivity index (χ1v) is 7.24. The number of unbranched alkanes of at least 4 members (excludes halogenated alkanes) is 1. The Balaban J connectivity index is 2.77. The summed E-state index contributed by atoms with van der Waals surface area (Å²) in [6.45, 7) is 9.91. The van der Waals surface area contributed by atoms with Gasteiger partial charge < -0.3 is 10.1 Å². The summed E-state index contributed by atoms with van der Waals surface area (Å²) in [6.07, 6.45) is 3.02. The fraction of sp³-hybridized carbons (Fsp3) is 0.500. The Morgan fingerprint density at radius 2 is 2.11 bits per heavy atom. The number of hydrogen-bond acceptors (Lipinski definition) is 2. The van der Waals surface area contributed by atoms with E-state index in [4.69, 9.17) is 16.3 Å². The Hall–Kier alpha value is -0.990. The van der Waals surface area contributed by atoms with Gasteiger partial charge in [0.25, 0.3) is 0 Å².